The molecular formula is C18H32O6P2. The van der Waals surface area contributed by atoms with Crippen molar-refractivity contribution in [3.8, 4) is 11.5 Å². The summed E-state index contributed by atoms with van der Waals surface area (Å²) in [6, 6.07) is 3.60. The molecular weight excluding hydrogens is 374 g/mol. The highest BCUT2D eigenvalue weighted by molar-refractivity contribution is 7.59. The molecule has 0 aliphatic rings. The van der Waals surface area contributed by atoms with Crippen LogP contribution >= 0.6 is 14.7 Å². The van der Waals surface area contributed by atoms with Crippen LogP contribution in [0.2, 0.25) is 0 Å². The molecule has 0 radical (unpaired) electrons. The van der Waals surface area contributed by atoms with Crippen molar-refractivity contribution in [1.82, 2.24) is 0 Å². The van der Waals surface area contributed by atoms with E-state index in [9.17, 15) is 9.13 Å². The molecule has 0 atom stereocenters. The topological polar surface area (TPSA) is 71.1 Å². The lowest BCUT2D eigenvalue weighted by Gasteiger charge is -2.20. The molecule has 0 bridgehead atoms. The normalized spacial score (nSPS) is 12.2. The van der Waals surface area contributed by atoms with Gasteiger partial charge in [-0.3, -0.25) is 9.13 Å². The third-order valence-corrected chi connectivity index (χ3v) is 9.58. The van der Waals surface area contributed by atoms with Gasteiger partial charge in [0, 0.05) is 35.8 Å². The second-order valence-electron chi connectivity index (χ2n) is 5.92. The zero-order valence-electron chi connectivity index (χ0n) is 16.7. The van der Waals surface area contributed by atoms with E-state index in [0.717, 1.165) is 11.1 Å². The molecule has 0 spiro atoms. The first-order valence-electron chi connectivity index (χ1n) is 8.99. The zero-order valence-corrected chi connectivity index (χ0v) is 18.5. The Bertz CT molecular complexity index is 600. The van der Waals surface area contributed by atoms with Crippen molar-refractivity contribution >= 4 is 14.7 Å². The Morgan fingerprint density at radius 2 is 1.00 bits per heavy atom. The molecule has 6 nitrogen and oxygen atoms in total. The van der Waals surface area contributed by atoms with Crippen LogP contribution in [-0.2, 0) is 31.4 Å². The third-order valence-electron chi connectivity index (χ3n) is 4.52. The van der Waals surface area contributed by atoms with Crippen LogP contribution in [0.3, 0.4) is 0 Å². The maximum absolute atomic E-state index is 12.5. The highest BCUT2D eigenvalue weighted by Crippen LogP contribution is 2.48. The van der Waals surface area contributed by atoms with E-state index in [1.165, 1.54) is 0 Å². The van der Waals surface area contributed by atoms with Crippen molar-refractivity contribution in [3.05, 3.63) is 23.3 Å². The van der Waals surface area contributed by atoms with Crippen LogP contribution in [0.4, 0.5) is 0 Å². The molecule has 0 aliphatic carbocycles. The van der Waals surface area contributed by atoms with Gasteiger partial charge in [-0.1, -0.05) is 27.7 Å². The Kier molecular flexibility index (Phi) is 9.40. The maximum atomic E-state index is 12.5. The number of hydrogen-bond acceptors (Lipinski definition) is 6. The first-order valence-corrected chi connectivity index (χ1v) is 13.0. The highest BCUT2D eigenvalue weighted by Gasteiger charge is 2.22. The van der Waals surface area contributed by atoms with Gasteiger partial charge in [-0.2, -0.15) is 0 Å². The molecule has 0 fully saturated rings. The minimum absolute atomic E-state index is 0.183. The molecule has 26 heavy (non-hydrogen) atoms. The van der Waals surface area contributed by atoms with Gasteiger partial charge in [0.1, 0.15) is 11.5 Å². The summed E-state index contributed by atoms with van der Waals surface area (Å²) >= 11 is 0. The Morgan fingerprint density at radius 1 is 0.692 bits per heavy atom. The van der Waals surface area contributed by atoms with Gasteiger partial charge in [-0.25, -0.2) is 0 Å². The largest absolute Gasteiger partial charge is 0.496 e. The maximum Gasteiger partial charge on any atom is 0.202 e. The molecule has 0 N–H and O–H groups in total. The van der Waals surface area contributed by atoms with Crippen molar-refractivity contribution in [3.63, 3.8) is 0 Å². The first-order chi connectivity index (χ1) is 12.3. The van der Waals surface area contributed by atoms with Gasteiger partial charge in [0.25, 0.3) is 0 Å². The lowest BCUT2D eigenvalue weighted by molar-refractivity contribution is 0.286. The molecule has 0 saturated carbocycles. The van der Waals surface area contributed by atoms with Crippen molar-refractivity contribution in [2.24, 2.45) is 0 Å². The summed E-state index contributed by atoms with van der Waals surface area (Å²) < 4.78 is 47.2. The molecule has 1 aromatic carbocycles. The van der Waals surface area contributed by atoms with Crippen LogP contribution in [-0.4, -0.2) is 38.9 Å². The van der Waals surface area contributed by atoms with Gasteiger partial charge in [0.2, 0.25) is 14.7 Å². The van der Waals surface area contributed by atoms with Gasteiger partial charge in [-0.05, 0) is 12.1 Å². The van der Waals surface area contributed by atoms with Gasteiger partial charge >= 0.3 is 0 Å². The smallest absolute Gasteiger partial charge is 0.202 e. The monoisotopic (exact) mass is 406 g/mol. The van der Waals surface area contributed by atoms with Gasteiger partial charge in [0.15, 0.2) is 0 Å². The Labute approximate surface area is 157 Å². The van der Waals surface area contributed by atoms with E-state index in [4.69, 9.17) is 18.5 Å². The van der Waals surface area contributed by atoms with Crippen LogP contribution in [0, 0.1) is 0 Å². The fourth-order valence-corrected chi connectivity index (χ4v) is 4.81. The summed E-state index contributed by atoms with van der Waals surface area (Å²) in [5.41, 5.74) is 1.51. The molecule has 0 unspecified atom stereocenters. The minimum atomic E-state index is -2.61. The predicted octanol–water partition coefficient (Wildman–Crippen LogP) is 5.37. The molecule has 0 heterocycles. The third kappa shape index (κ3) is 6.13. The van der Waals surface area contributed by atoms with Crippen LogP contribution < -0.4 is 9.47 Å². The number of hydrogen-bond donors (Lipinski definition) is 0. The zero-order chi connectivity index (χ0) is 19.8. The van der Waals surface area contributed by atoms with E-state index < -0.39 is 14.7 Å². The highest BCUT2D eigenvalue weighted by atomic mass is 31.2. The standard InChI is InChI=1S/C18H32O6P2/c1-7-25(19,8-2)23-13-15-11-18(22-6)16(12-17(15)21-5)14-24-26(20,9-3)10-4/h11-12H,7-10,13-14H2,1-6H3. The number of benzene rings is 1. The molecule has 1 aromatic rings. The molecule has 0 aromatic heterocycles. The summed E-state index contributed by atoms with van der Waals surface area (Å²) in [7, 11) is -2.09. The fraction of sp³-hybridized carbons (Fsp3) is 0.667. The molecule has 150 valence electrons. The number of methoxy groups -OCH3 is 2. The average molecular weight is 406 g/mol. The first kappa shape index (κ1) is 23.2. The summed E-state index contributed by atoms with van der Waals surface area (Å²) in [5, 5.41) is 0. The summed E-state index contributed by atoms with van der Waals surface area (Å²) in [6.07, 6.45) is 1.99. The summed E-state index contributed by atoms with van der Waals surface area (Å²) in [4.78, 5) is 0. The Hall–Kier alpha value is -0.800. The van der Waals surface area contributed by atoms with Crippen molar-refractivity contribution in [2.75, 3.05) is 38.9 Å². The molecule has 0 saturated heterocycles. The van der Waals surface area contributed by atoms with Crippen molar-refractivity contribution in [2.45, 2.75) is 40.9 Å². The Balaban J connectivity index is 3.06. The van der Waals surface area contributed by atoms with Gasteiger partial charge in [0.05, 0.1) is 27.4 Å². The molecule has 0 amide bonds. The quantitative estimate of drug-likeness (QED) is 0.435. The van der Waals surface area contributed by atoms with Crippen molar-refractivity contribution in [1.29, 1.82) is 0 Å². The van der Waals surface area contributed by atoms with Crippen LogP contribution in [0.15, 0.2) is 12.1 Å². The second kappa shape index (κ2) is 10.5. The molecule has 8 heteroatoms. The fourth-order valence-electron chi connectivity index (χ4n) is 2.44. The number of rotatable bonds is 12. The van der Waals surface area contributed by atoms with E-state index in [1.54, 1.807) is 26.4 Å². The van der Waals surface area contributed by atoms with Crippen LogP contribution in [0.25, 0.3) is 0 Å². The van der Waals surface area contributed by atoms with E-state index in [0.29, 0.717) is 36.1 Å². The lowest BCUT2D eigenvalue weighted by atomic mass is 10.1. The van der Waals surface area contributed by atoms with E-state index in [1.807, 2.05) is 27.7 Å². The Morgan fingerprint density at radius 3 is 1.23 bits per heavy atom. The SMILES string of the molecule is CCP(=O)(CC)OCc1cc(OC)c(COP(=O)(CC)CC)cc1OC. The predicted molar refractivity (Wildman–Crippen MR) is 107 cm³/mol. The van der Waals surface area contributed by atoms with Crippen LogP contribution in [0.1, 0.15) is 38.8 Å². The molecule has 0 aliphatic heterocycles. The lowest BCUT2D eigenvalue weighted by Crippen LogP contribution is -2.03. The summed E-state index contributed by atoms with van der Waals surface area (Å²) in [6.45, 7) is 7.82. The summed E-state index contributed by atoms with van der Waals surface area (Å²) in [5.74, 6) is 1.21. The minimum Gasteiger partial charge on any atom is -0.496 e. The van der Waals surface area contributed by atoms with Crippen LogP contribution in [0.5, 0.6) is 11.5 Å². The van der Waals surface area contributed by atoms with Crippen molar-refractivity contribution < 1.29 is 27.7 Å². The average Bonchev–Trinajstić information content (AvgIpc) is 2.69. The van der Waals surface area contributed by atoms with E-state index in [2.05, 4.69) is 0 Å². The second-order valence-corrected chi connectivity index (χ2v) is 12.2. The van der Waals surface area contributed by atoms with E-state index >= 15 is 0 Å². The van der Waals surface area contributed by atoms with Gasteiger partial charge < -0.3 is 18.5 Å². The van der Waals surface area contributed by atoms with E-state index in [-0.39, 0.29) is 13.2 Å². The molecule has 1 rings (SSSR count). The number of ether oxygens (including phenoxy) is 2. The van der Waals surface area contributed by atoms with Gasteiger partial charge in [-0.15, -0.1) is 0 Å².